The summed E-state index contributed by atoms with van der Waals surface area (Å²) >= 11 is 0. The fraction of sp³-hybridized carbons (Fsp3) is 0.304. The first kappa shape index (κ1) is 19.1. The number of hydrazone groups is 1. The van der Waals surface area contributed by atoms with Crippen molar-refractivity contribution in [3.05, 3.63) is 82.2 Å². The van der Waals surface area contributed by atoms with Gasteiger partial charge in [-0.3, -0.25) is 14.8 Å². The molecule has 2 N–H and O–H groups in total. The Morgan fingerprint density at radius 3 is 2.75 bits per heavy atom. The lowest BCUT2D eigenvalue weighted by molar-refractivity contribution is -0.113. The zero-order chi connectivity index (χ0) is 21.7. The Balaban J connectivity index is 1.44. The average Bonchev–Trinajstić information content (AvgIpc) is 3.24. The molecule has 32 heavy (non-hydrogen) atoms. The molecule has 4 heterocycles. The molecule has 0 bridgehead atoms. The van der Waals surface area contributed by atoms with Crippen LogP contribution in [0.5, 0.6) is 0 Å². The van der Waals surface area contributed by atoms with Crippen LogP contribution >= 0.6 is 0 Å². The van der Waals surface area contributed by atoms with E-state index in [9.17, 15) is 9.28 Å². The highest BCUT2D eigenvalue weighted by Crippen LogP contribution is 2.47. The van der Waals surface area contributed by atoms with Gasteiger partial charge in [-0.1, -0.05) is 40.1 Å². The molecule has 1 aromatic carbocycles. The van der Waals surface area contributed by atoms with Crippen LogP contribution in [-0.4, -0.2) is 56.9 Å². The van der Waals surface area contributed by atoms with Crippen LogP contribution < -0.4 is 5.32 Å². The summed E-state index contributed by atoms with van der Waals surface area (Å²) in [4.78, 5) is 19.1. The van der Waals surface area contributed by atoms with Crippen LogP contribution in [0.2, 0.25) is 0 Å². The fourth-order valence-electron chi connectivity index (χ4n) is 4.84. The summed E-state index contributed by atoms with van der Waals surface area (Å²) in [6.07, 6.45) is 7.63. The van der Waals surface area contributed by atoms with Gasteiger partial charge in [0.1, 0.15) is 17.8 Å². The molecule has 2 unspecified atom stereocenters. The van der Waals surface area contributed by atoms with Gasteiger partial charge in [0.25, 0.3) is 0 Å². The molecule has 0 saturated carbocycles. The van der Waals surface area contributed by atoms with Gasteiger partial charge < -0.3 is 5.32 Å². The predicted octanol–water partition coefficient (Wildman–Crippen LogP) is 2.31. The second kappa shape index (κ2) is 7.52. The second-order valence-corrected chi connectivity index (χ2v) is 8.51. The number of allylic oxidation sites excluding steroid dienone is 3. The van der Waals surface area contributed by atoms with E-state index in [1.165, 1.54) is 30.6 Å². The maximum absolute atomic E-state index is 14.5. The summed E-state index contributed by atoms with van der Waals surface area (Å²) < 4.78 is 14.5. The summed E-state index contributed by atoms with van der Waals surface area (Å²) in [5.41, 5.74) is 4.71. The first-order valence-corrected chi connectivity index (χ1v) is 10.8. The molecule has 9 heteroatoms. The summed E-state index contributed by atoms with van der Waals surface area (Å²) in [6, 6.07) is 8.62. The van der Waals surface area contributed by atoms with Crippen molar-refractivity contribution < 1.29 is 9.28 Å². The largest absolute Gasteiger partial charge is 0.380 e. The Kier molecular flexibility index (Phi) is 4.50. The van der Waals surface area contributed by atoms with Gasteiger partial charge in [0, 0.05) is 35.4 Å². The highest BCUT2D eigenvalue weighted by Gasteiger charge is 2.40. The maximum atomic E-state index is 14.5. The van der Waals surface area contributed by atoms with Crippen molar-refractivity contribution in [2.24, 2.45) is 5.10 Å². The standard InChI is InChI=1S/C23H22FN7O/c24-31-19-9-17(32)11-25-22-20(19)16(10-28-31)8-18(21(22)23-26-13-27-29-23)15-4-2-14(3-5-15)12-30-6-1-7-30/h2-5,8-10,13,18,21,25H,1,6-7,11-12H2,(H,26,27,29). The third-order valence-electron chi connectivity index (χ3n) is 6.54. The molecule has 4 aliphatic rings. The van der Waals surface area contributed by atoms with Crippen LogP contribution in [0, 0.1) is 0 Å². The van der Waals surface area contributed by atoms with Gasteiger partial charge in [0.15, 0.2) is 5.78 Å². The summed E-state index contributed by atoms with van der Waals surface area (Å²) in [5.74, 6) is 0.0873. The van der Waals surface area contributed by atoms with Gasteiger partial charge in [-0.05, 0) is 30.6 Å². The highest BCUT2D eigenvalue weighted by atomic mass is 19.2. The van der Waals surface area contributed by atoms with Crippen molar-refractivity contribution in [3.8, 4) is 0 Å². The monoisotopic (exact) mass is 431 g/mol. The Labute approximate surface area is 184 Å². The quantitative estimate of drug-likeness (QED) is 0.723. The molecule has 6 rings (SSSR count). The molecule has 1 saturated heterocycles. The van der Waals surface area contributed by atoms with Gasteiger partial charge in [-0.2, -0.15) is 5.10 Å². The van der Waals surface area contributed by atoms with Crippen LogP contribution in [-0.2, 0) is 11.3 Å². The predicted molar refractivity (Wildman–Crippen MR) is 116 cm³/mol. The fourth-order valence-corrected chi connectivity index (χ4v) is 4.84. The lowest BCUT2D eigenvalue weighted by Gasteiger charge is -2.35. The number of aromatic amines is 1. The van der Waals surface area contributed by atoms with E-state index in [0.717, 1.165) is 36.5 Å². The maximum Gasteiger partial charge on any atom is 0.176 e. The van der Waals surface area contributed by atoms with Crippen molar-refractivity contribution in [1.82, 2.24) is 30.6 Å². The number of benzene rings is 1. The zero-order valence-electron chi connectivity index (χ0n) is 17.3. The van der Waals surface area contributed by atoms with Crippen LogP contribution in [0.25, 0.3) is 0 Å². The molecule has 0 radical (unpaired) electrons. The number of nitrogens with zero attached hydrogens (tertiary/aromatic N) is 5. The molecular formula is C23H22FN7O. The van der Waals surface area contributed by atoms with E-state index in [0.29, 0.717) is 11.4 Å². The molecule has 2 atom stereocenters. The van der Waals surface area contributed by atoms with Crippen LogP contribution in [0.15, 0.2) is 70.4 Å². The number of hydrogen-bond acceptors (Lipinski definition) is 7. The number of nitrogens with one attached hydrogen (secondary N) is 2. The SMILES string of the molecule is O=C1C=C2C3=C(NC1)C(c1ncn[nH]1)C(c1ccc(CN4CCC4)cc1)C=C3C=NN2F. The first-order valence-electron chi connectivity index (χ1n) is 10.8. The topological polar surface area (TPSA) is 89.5 Å². The van der Waals surface area contributed by atoms with E-state index < -0.39 is 0 Å². The minimum atomic E-state index is -0.272. The molecule has 8 nitrogen and oxygen atoms in total. The van der Waals surface area contributed by atoms with Crippen molar-refractivity contribution in [2.75, 3.05) is 19.6 Å². The van der Waals surface area contributed by atoms with E-state index in [1.807, 2.05) is 0 Å². The third-order valence-corrected chi connectivity index (χ3v) is 6.54. The van der Waals surface area contributed by atoms with Gasteiger partial charge in [0.2, 0.25) is 0 Å². The first-order chi connectivity index (χ1) is 15.7. The van der Waals surface area contributed by atoms with Crippen LogP contribution in [0.4, 0.5) is 4.48 Å². The molecule has 0 spiro atoms. The summed E-state index contributed by atoms with van der Waals surface area (Å²) in [7, 11) is 0. The highest BCUT2D eigenvalue weighted by molar-refractivity contribution is 5.97. The molecule has 2 aromatic rings. The van der Waals surface area contributed by atoms with Crippen molar-refractivity contribution in [1.29, 1.82) is 0 Å². The zero-order valence-corrected chi connectivity index (χ0v) is 17.3. The number of H-pyrrole nitrogens is 1. The van der Waals surface area contributed by atoms with Gasteiger partial charge in [-0.15, -0.1) is 5.10 Å². The second-order valence-electron chi connectivity index (χ2n) is 8.51. The molecule has 1 fully saturated rings. The number of halogens is 1. The van der Waals surface area contributed by atoms with E-state index in [-0.39, 0.29) is 35.1 Å². The molecule has 0 amide bonds. The number of ketones is 1. The Morgan fingerprint density at radius 1 is 1.19 bits per heavy atom. The molecule has 3 aliphatic heterocycles. The minimum Gasteiger partial charge on any atom is -0.380 e. The Hall–Kier alpha value is -3.59. The van der Waals surface area contributed by atoms with Crippen molar-refractivity contribution >= 4 is 12.0 Å². The average molecular weight is 431 g/mol. The minimum absolute atomic E-state index is 0.0790. The lowest BCUT2D eigenvalue weighted by Crippen LogP contribution is -2.36. The van der Waals surface area contributed by atoms with E-state index >= 15 is 0 Å². The van der Waals surface area contributed by atoms with Crippen molar-refractivity contribution in [3.63, 3.8) is 0 Å². The number of rotatable bonds is 4. The van der Waals surface area contributed by atoms with Gasteiger partial charge >= 0.3 is 0 Å². The third kappa shape index (κ3) is 3.16. The van der Waals surface area contributed by atoms with Gasteiger partial charge in [0.05, 0.1) is 18.7 Å². The number of likely N-dealkylation sites (tertiary alicyclic amines) is 1. The number of hydrogen-bond donors (Lipinski definition) is 2. The molecule has 1 aliphatic carbocycles. The van der Waals surface area contributed by atoms with E-state index in [2.05, 4.69) is 60.8 Å². The number of carbonyl (C=O) groups excluding carboxylic acids is 1. The van der Waals surface area contributed by atoms with Gasteiger partial charge in [-0.25, -0.2) is 4.98 Å². The summed E-state index contributed by atoms with van der Waals surface area (Å²) in [6.45, 7) is 3.36. The molecule has 1 aromatic heterocycles. The van der Waals surface area contributed by atoms with E-state index in [4.69, 9.17) is 0 Å². The van der Waals surface area contributed by atoms with Crippen molar-refractivity contribution in [2.45, 2.75) is 24.8 Å². The Bertz CT molecular complexity index is 1180. The normalized spacial score (nSPS) is 24.9. The number of aromatic nitrogens is 3. The molecular weight excluding hydrogens is 409 g/mol. The van der Waals surface area contributed by atoms with Crippen LogP contribution in [0.3, 0.4) is 0 Å². The summed E-state index contributed by atoms with van der Waals surface area (Å²) in [5, 5.41) is 14.4. The smallest absolute Gasteiger partial charge is 0.176 e. The Morgan fingerprint density at radius 2 is 2.03 bits per heavy atom. The lowest BCUT2D eigenvalue weighted by atomic mass is 9.74. The number of carbonyl (C=O) groups is 1. The molecule has 162 valence electrons. The van der Waals surface area contributed by atoms with E-state index in [1.54, 1.807) is 0 Å². The van der Waals surface area contributed by atoms with Crippen LogP contribution in [0.1, 0.15) is 35.2 Å².